The van der Waals surface area contributed by atoms with Gasteiger partial charge in [0.15, 0.2) is 5.82 Å². The zero-order valence-corrected chi connectivity index (χ0v) is 25.1. The summed E-state index contributed by atoms with van der Waals surface area (Å²) in [4.78, 5) is 32.4. The molecule has 5 rings (SSSR count). The van der Waals surface area contributed by atoms with Crippen LogP contribution in [0.1, 0.15) is 30.6 Å². The van der Waals surface area contributed by atoms with Crippen LogP contribution in [-0.4, -0.2) is 78.2 Å². The molecule has 3 aromatic carbocycles. The van der Waals surface area contributed by atoms with Gasteiger partial charge in [0.2, 0.25) is 5.91 Å². The first-order valence-electron chi connectivity index (χ1n) is 14.9. The predicted octanol–water partition coefficient (Wildman–Crippen LogP) is 5.66. The summed E-state index contributed by atoms with van der Waals surface area (Å²) in [5.41, 5.74) is 4.70. The Morgan fingerprint density at radius 1 is 0.837 bits per heavy atom. The number of anilines is 1. The molecule has 1 unspecified atom stereocenters. The van der Waals surface area contributed by atoms with Gasteiger partial charge in [0.05, 0.1) is 12.8 Å². The molecule has 1 aliphatic heterocycles. The van der Waals surface area contributed by atoms with Crippen molar-refractivity contribution >= 4 is 17.6 Å². The van der Waals surface area contributed by atoms with Crippen molar-refractivity contribution in [2.24, 2.45) is 5.92 Å². The summed E-state index contributed by atoms with van der Waals surface area (Å²) in [5.74, 6) is 1.50. The molecular formula is C35H39N5O3. The third-order valence-electron chi connectivity index (χ3n) is 8.05. The lowest BCUT2D eigenvalue weighted by molar-refractivity contribution is -0.132. The normalized spacial score (nSPS) is 13.8. The van der Waals surface area contributed by atoms with E-state index in [1.165, 1.54) is 5.56 Å². The van der Waals surface area contributed by atoms with Crippen LogP contribution in [0.4, 0.5) is 5.82 Å². The number of hydrogen-bond acceptors (Lipinski definition) is 6. The SMILES string of the molecule is CCC(C)CN(CC(=O)N1CCN(c2ccc(-c3ccc(-c4ccccc4)cc3)nn2)CC1)C(=O)c1cccc(OC)c1. The van der Waals surface area contributed by atoms with Gasteiger partial charge in [-0.1, -0.05) is 80.9 Å². The molecule has 0 radical (unpaired) electrons. The van der Waals surface area contributed by atoms with Crippen molar-refractivity contribution in [1.82, 2.24) is 20.0 Å². The molecule has 8 heteroatoms. The predicted molar refractivity (Wildman–Crippen MR) is 170 cm³/mol. The number of carbonyl (C=O) groups excluding carboxylic acids is 2. The first-order valence-corrected chi connectivity index (χ1v) is 14.9. The van der Waals surface area contributed by atoms with Gasteiger partial charge in [-0.3, -0.25) is 9.59 Å². The Morgan fingerprint density at radius 2 is 1.53 bits per heavy atom. The van der Waals surface area contributed by atoms with Crippen molar-refractivity contribution < 1.29 is 14.3 Å². The van der Waals surface area contributed by atoms with Gasteiger partial charge in [-0.25, -0.2) is 0 Å². The number of ether oxygens (including phenoxy) is 1. The van der Waals surface area contributed by atoms with Gasteiger partial charge < -0.3 is 19.4 Å². The van der Waals surface area contributed by atoms with E-state index in [4.69, 9.17) is 4.74 Å². The minimum absolute atomic E-state index is 0.0421. The molecule has 0 aliphatic carbocycles. The Hall–Kier alpha value is -4.72. The first kappa shape index (κ1) is 29.8. The number of rotatable bonds is 10. The maximum Gasteiger partial charge on any atom is 0.254 e. The average Bonchev–Trinajstić information content (AvgIpc) is 3.08. The Kier molecular flexibility index (Phi) is 9.66. The standard InChI is InChI=1S/C35H39N5O3/c1-4-26(2)24-40(35(42)30-11-8-12-31(23-30)43-3)25-34(41)39-21-19-38(20-22-39)33-18-17-32(36-37-33)29-15-13-28(14-16-29)27-9-6-5-7-10-27/h5-18,23,26H,4,19-22,24-25H2,1-3H3. The monoisotopic (exact) mass is 577 g/mol. The van der Waals surface area contributed by atoms with Crippen LogP contribution in [0.15, 0.2) is 91.0 Å². The molecule has 0 spiro atoms. The maximum atomic E-state index is 13.4. The van der Waals surface area contributed by atoms with E-state index in [1.54, 1.807) is 30.2 Å². The number of carbonyl (C=O) groups is 2. The molecule has 0 N–H and O–H groups in total. The molecular weight excluding hydrogens is 538 g/mol. The van der Waals surface area contributed by atoms with E-state index in [1.807, 2.05) is 41.3 Å². The molecule has 43 heavy (non-hydrogen) atoms. The summed E-state index contributed by atoms with van der Waals surface area (Å²) in [5, 5.41) is 8.99. The van der Waals surface area contributed by atoms with Crippen LogP contribution >= 0.6 is 0 Å². The lowest BCUT2D eigenvalue weighted by Gasteiger charge is -2.36. The highest BCUT2D eigenvalue weighted by molar-refractivity contribution is 5.97. The van der Waals surface area contributed by atoms with Gasteiger partial charge in [0.25, 0.3) is 5.91 Å². The summed E-state index contributed by atoms with van der Waals surface area (Å²) < 4.78 is 5.30. The minimum atomic E-state index is -0.156. The molecule has 2 amide bonds. The lowest BCUT2D eigenvalue weighted by Crippen LogP contribution is -2.52. The topological polar surface area (TPSA) is 78.9 Å². The fraction of sp³-hybridized carbons (Fsp3) is 0.314. The van der Waals surface area contributed by atoms with Crippen LogP contribution in [0.2, 0.25) is 0 Å². The molecule has 1 atom stereocenters. The Labute approximate surface area is 253 Å². The highest BCUT2D eigenvalue weighted by Gasteiger charge is 2.27. The third kappa shape index (κ3) is 7.38. The highest BCUT2D eigenvalue weighted by atomic mass is 16.5. The van der Waals surface area contributed by atoms with Gasteiger partial charge in [-0.05, 0) is 47.4 Å². The number of piperazine rings is 1. The second-order valence-corrected chi connectivity index (χ2v) is 11.0. The van der Waals surface area contributed by atoms with Gasteiger partial charge >= 0.3 is 0 Å². The highest BCUT2D eigenvalue weighted by Crippen LogP contribution is 2.25. The molecule has 1 aromatic heterocycles. The van der Waals surface area contributed by atoms with Crippen molar-refractivity contribution in [1.29, 1.82) is 0 Å². The number of hydrogen-bond donors (Lipinski definition) is 0. The summed E-state index contributed by atoms with van der Waals surface area (Å²) >= 11 is 0. The van der Waals surface area contributed by atoms with Gasteiger partial charge in [0.1, 0.15) is 12.3 Å². The van der Waals surface area contributed by atoms with E-state index >= 15 is 0 Å². The Balaban J connectivity index is 1.18. The molecule has 2 heterocycles. The van der Waals surface area contributed by atoms with Crippen LogP contribution in [-0.2, 0) is 4.79 Å². The van der Waals surface area contributed by atoms with Crippen molar-refractivity contribution in [3.05, 3.63) is 96.6 Å². The summed E-state index contributed by atoms with van der Waals surface area (Å²) in [6.45, 7) is 7.20. The second kappa shape index (κ2) is 14.0. The number of amides is 2. The zero-order chi connectivity index (χ0) is 30.2. The van der Waals surface area contributed by atoms with Crippen molar-refractivity contribution in [3.8, 4) is 28.1 Å². The Morgan fingerprint density at radius 3 is 2.19 bits per heavy atom. The second-order valence-electron chi connectivity index (χ2n) is 11.0. The van der Waals surface area contributed by atoms with Gasteiger partial charge in [-0.15, -0.1) is 10.2 Å². The molecule has 8 nitrogen and oxygen atoms in total. The third-order valence-corrected chi connectivity index (χ3v) is 8.05. The van der Waals surface area contributed by atoms with Crippen molar-refractivity contribution in [2.45, 2.75) is 20.3 Å². The fourth-order valence-electron chi connectivity index (χ4n) is 5.22. The largest absolute Gasteiger partial charge is 0.497 e. The number of benzene rings is 3. The number of methoxy groups -OCH3 is 1. The zero-order valence-electron chi connectivity index (χ0n) is 25.1. The lowest BCUT2D eigenvalue weighted by atomic mass is 10.0. The molecule has 1 aliphatic rings. The molecule has 0 bridgehead atoms. The average molecular weight is 578 g/mol. The fourth-order valence-corrected chi connectivity index (χ4v) is 5.22. The van der Waals surface area contributed by atoms with E-state index in [0.717, 1.165) is 29.1 Å². The van der Waals surface area contributed by atoms with Crippen LogP contribution in [0.3, 0.4) is 0 Å². The molecule has 1 fully saturated rings. The Bertz CT molecular complexity index is 1500. The van der Waals surface area contributed by atoms with Gasteiger partial charge in [-0.2, -0.15) is 0 Å². The smallest absolute Gasteiger partial charge is 0.254 e. The molecule has 0 saturated carbocycles. The summed E-state index contributed by atoms with van der Waals surface area (Å²) in [6, 6.07) is 29.7. The van der Waals surface area contributed by atoms with Crippen LogP contribution in [0.5, 0.6) is 5.75 Å². The van der Waals surface area contributed by atoms with Crippen LogP contribution in [0, 0.1) is 5.92 Å². The van der Waals surface area contributed by atoms with Crippen LogP contribution < -0.4 is 9.64 Å². The quantitative estimate of drug-likeness (QED) is 0.242. The molecule has 222 valence electrons. The number of nitrogens with zero attached hydrogens (tertiary/aromatic N) is 5. The van der Waals surface area contributed by atoms with Crippen molar-refractivity contribution in [3.63, 3.8) is 0 Å². The van der Waals surface area contributed by atoms with E-state index in [-0.39, 0.29) is 24.3 Å². The summed E-state index contributed by atoms with van der Waals surface area (Å²) in [7, 11) is 1.58. The van der Waals surface area contributed by atoms with E-state index < -0.39 is 0 Å². The van der Waals surface area contributed by atoms with Gasteiger partial charge in [0, 0.05) is 43.9 Å². The molecule has 1 saturated heterocycles. The first-order chi connectivity index (χ1) is 20.9. The van der Waals surface area contributed by atoms with Crippen LogP contribution in [0.25, 0.3) is 22.4 Å². The van der Waals surface area contributed by atoms with E-state index in [9.17, 15) is 9.59 Å². The number of aromatic nitrogens is 2. The minimum Gasteiger partial charge on any atom is -0.497 e. The maximum absolute atomic E-state index is 13.4. The summed E-state index contributed by atoms with van der Waals surface area (Å²) in [6.07, 6.45) is 0.924. The van der Waals surface area contributed by atoms with E-state index in [2.05, 4.69) is 65.3 Å². The molecule has 4 aromatic rings. The van der Waals surface area contributed by atoms with E-state index in [0.29, 0.717) is 44.0 Å². The van der Waals surface area contributed by atoms with Crippen molar-refractivity contribution in [2.75, 3.05) is 51.3 Å².